The molecule has 0 fully saturated rings. The Morgan fingerprint density at radius 1 is 1.33 bits per heavy atom. The third-order valence-electron chi connectivity index (χ3n) is 5.45. The molecule has 2 heterocycles. The van der Waals surface area contributed by atoms with Crippen LogP contribution in [0.15, 0.2) is 46.9 Å². The zero-order chi connectivity index (χ0) is 23.4. The van der Waals surface area contributed by atoms with Gasteiger partial charge >= 0.3 is 0 Å². The van der Waals surface area contributed by atoms with Crippen molar-refractivity contribution in [1.29, 1.82) is 0 Å². The number of rotatable bonds is 10. The van der Waals surface area contributed by atoms with Gasteiger partial charge in [-0.25, -0.2) is 4.98 Å². The molecule has 1 aromatic carbocycles. The molecular weight excluding hydrogens is 454 g/mol. The highest BCUT2D eigenvalue weighted by atomic mass is 32.2. The lowest BCUT2D eigenvalue weighted by Gasteiger charge is -2.11. The molecule has 174 valence electrons. The molecule has 1 N–H and O–H groups in total. The smallest absolute Gasteiger partial charge is 0.263 e. The molecule has 33 heavy (non-hydrogen) atoms. The van der Waals surface area contributed by atoms with E-state index in [-0.39, 0.29) is 17.6 Å². The van der Waals surface area contributed by atoms with Crippen molar-refractivity contribution in [2.24, 2.45) is 0 Å². The van der Waals surface area contributed by atoms with E-state index in [1.807, 2.05) is 38.1 Å². The number of amides is 1. The van der Waals surface area contributed by atoms with Gasteiger partial charge in [-0.05, 0) is 56.4 Å². The van der Waals surface area contributed by atoms with Crippen molar-refractivity contribution < 1.29 is 9.53 Å². The van der Waals surface area contributed by atoms with Crippen LogP contribution >= 0.6 is 23.1 Å². The lowest BCUT2D eigenvalue weighted by molar-refractivity contribution is -0.120. The lowest BCUT2D eigenvalue weighted by atomic mass is 10.2. The van der Waals surface area contributed by atoms with Crippen molar-refractivity contribution in [1.82, 2.24) is 14.9 Å². The number of hydrogen-bond acceptors (Lipinski definition) is 6. The molecule has 1 amide bonds. The number of nitrogens with one attached hydrogen (secondary N) is 1. The molecule has 0 saturated carbocycles. The Bertz CT molecular complexity index is 1210. The van der Waals surface area contributed by atoms with Crippen molar-refractivity contribution in [2.75, 3.05) is 5.75 Å². The fourth-order valence-electron chi connectivity index (χ4n) is 3.94. The van der Waals surface area contributed by atoms with Crippen LogP contribution in [0.5, 0.6) is 5.75 Å². The Balaban J connectivity index is 1.35. The molecule has 0 unspecified atom stereocenters. The van der Waals surface area contributed by atoms with E-state index in [4.69, 9.17) is 9.72 Å². The average molecular weight is 484 g/mol. The maximum atomic E-state index is 13.2. The van der Waals surface area contributed by atoms with Gasteiger partial charge in [0.1, 0.15) is 10.6 Å². The third-order valence-corrected chi connectivity index (χ3v) is 7.61. The minimum Gasteiger partial charge on any atom is -0.491 e. The van der Waals surface area contributed by atoms with Crippen molar-refractivity contribution in [3.63, 3.8) is 0 Å². The number of fused-ring (bicyclic) bond motifs is 3. The van der Waals surface area contributed by atoms with Crippen LogP contribution in [0.1, 0.15) is 42.7 Å². The summed E-state index contributed by atoms with van der Waals surface area (Å²) < 4.78 is 7.33. The van der Waals surface area contributed by atoms with Crippen LogP contribution in [-0.4, -0.2) is 27.3 Å². The van der Waals surface area contributed by atoms with Gasteiger partial charge in [0.25, 0.3) is 5.56 Å². The number of ether oxygens (including phenoxy) is 1. The van der Waals surface area contributed by atoms with Crippen molar-refractivity contribution >= 4 is 39.2 Å². The van der Waals surface area contributed by atoms with E-state index in [2.05, 4.69) is 11.9 Å². The topological polar surface area (TPSA) is 73.2 Å². The zero-order valence-electron chi connectivity index (χ0n) is 19.1. The molecule has 4 rings (SSSR count). The van der Waals surface area contributed by atoms with Crippen LogP contribution in [0.4, 0.5) is 0 Å². The second-order valence-corrected chi connectivity index (χ2v) is 10.5. The SMILES string of the molecule is C=CCn1c(SCCC(=O)NCc2ccc(OC(C)C)cc2)nc2sc3c(c2c1=O)CCC3. The number of nitrogens with zero attached hydrogens (tertiary/aromatic N) is 2. The lowest BCUT2D eigenvalue weighted by Crippen LogP contribution is -2.24. The quantitative estimate of drug-likeness (QED) is 0.257. The van der Waals surface area contributed by atoms with Crippen LogP contribution in [0, 0.1) is 0 Å². The second-order valence-electron chi connectivity index (χ2n) is 8.32. The number of thioether (sulfide) groups is 1. The summed E-state index contributed by atoms with van der Waals surface area (Å²) in [5.74, 6) is 1.34. The van der Waals surface area contributed by atoms with Gasteiger partial charge in [0.2, 0.25) is 5.91 Å². The molecule has 8 heteroatoms. The molecule has 1 aliphatic rings. The van der Waals surface area contributed by atoms with Crippen LogP contribution in [0.25, 0.3) is 10.2 Å². The Labute approximate surface area is 202 Å². The van der Waals surface area contributed by atoms with Crippen LogP contribution in [0.2, 0.25) is 0 Å². The van der Waals surface area contributed by atoms with Crippen LogP contribution in [-0.2, 0) is 30.7 Å². The summed E-state index contributed by atoms with van der Waals surface area (Å²) in [6.45, 7) is 8.66. The van der Waals surface area contributed by atoms with Crippen molar-refractivity contribution in [3.8, 4) is 5.75 Å². The number of benzene rings is 1. The number of carbonyl (C=O) groups is 1. The molecule has 6 nitrogen and oxygen atoms in total. The van der Waals surface area contributed by atoms with E-state index in [1.165, 1.54) is 22.2 Å². The highest BCUT2D eigenvalue weighted by molar-refractivity contribution is 7.99. The number of aromatic nitrogens is 2. The Hall–Kier alpha value is -2.58. The van der Waals surface area contributed by atoms with Gasteiger partial charge in [-0.3, -0.25) is 14.2 Å². The fraction of sp³-hybridized carbons (Fsp3) is 0.400. The minimum atomic E-state index is -0.0289. The monoisotopic (exact) mass is 483 g/mol. The molecule has 1 aliphatic carbocycles. The summed E-state index contributed by atoms with van der Waals surface area (Å²) in [5.41, 5.74) is 2.21. The molecule has 3 aromatic rings. The predicted molar refractivity (Wildman–Crippen MR) is 135 cm³/mol. The number of carbonyl (C=O) groups excluding carboxylic acids is 1. The third kappa shape index (κ3) is 5.50. The first-order valence-corrected chi connectivity index (χ1v) is 13.1. The van der Waals surface area contributed by atoms with Gasteiger partial charge < -0.3 is 10.1 Å². The molecule has 0 radical (unpaired) electrons. The maximum absolute atomic E-state index is 13.2. The maximum Gasteiger partial charge on any atom is 0.263 e. The van der Waals surface area contributed by atoms with Gasteiger partial charge in [0, 0.05) is 30.1 Å². The Morgan fingerprint density at radius 3 is 2.85 bits per heavy atom. The summed E-state index contributed by atoms with van der Waals surface area (Å²) in [6, 6.07) is 7.74. The predicted octanol–water partition coefficient (Wildman–Crippen LogP) is 4.72. The van der Waals surface area contributed by atoms with Crippen molar-refractivity contribution in [2.45, 2.75) is 63.9 Å². The van der Waals surface area contributed by atoms with Crippen LogP contribution in [0.3, 0.4) is 0 Å². The minimum absolute atomic E-state index is 0.0103. The van der Waals surface area contributed by atoms with E-state index in [0.29, 0.717) is 30.4 Å². The first-order valence-electron chi connectivity index (χ1n) is 11.3. The van der Waals surface area contributed by atoms with Gasteiger partial charge in [0.15, 0.2) is 5.16 Å². The van der Waals surface area contributed by atoms with Crippen molar-refractivity contribution in [3.05, 3.63) is 63.3 Å². The first-order chi connectivity index (χ1) is 16.0. The summed E-state index contributed by atoms with van der Waals surface area (Å²) in [7, 11) is 0. The molecule has 0 bridgehead atoms. The standard InChI is InChI=1S/C25H29N3O3S2/c1-4-13-28-24(30)22-19-6-5-7-20(19)33-23(22)27-25(28)32-14-12-21(29)26-15-17-8-10-18(11-9-17)31-16(2)3/h4,8-11,16H,1,5-7,12-15H2,2-3H3,(H,26,29). The Kier molecular flexibility index (Phi) is 7.55. The first kappa shape index (κ1) is 23.6. The zero-order valence-corrected chi connectivity index (χ0v) is 20.7. The molecule has 0 saturated heterocycles. The van der Waals surface area contributed by atoms with Gasteiger partial charge in [-0.1, -0.05) is 30.0 Å². The van der Waals surface area contributed by atoms with Crippen LogP contribution < -0.4 is 15.6 Å². The normalized spacial score (nSPS) is 12.8. The van der Waals surface area contributed by atoms with Gasteiger partial charge in [-0.2, -0.15) is 0 Å². The molecule has 0 aliphatic heterocycles. The molecule has 0 spiro atoms. The summed E-state index contributed by atoms with van der Waals surface area (Å²) in [5, 5.41) is 4.39. The van der Waals surface area contributed by atoms with E-state index < -0.39 is 0 Å². The largest absolute Gasteiger partial charge is 0.491 e. The van der Waals surface area contributed by atoms with Gasteiger partial charge in [-0.15, -0.1) is 17.9 Å². The number of allylic oxidation sites excluding steroid dienone is 1. The average Bonchev–Trinajstić information content (AvgIpc) is 3.36. The van der Waals surface area contributed by atoms with E-state index >= 15 is 0 Å². The second kappa shape index (κ2) is 10.6. The summed E-state index contributed by atoms with van der Waals surface area (Å²) in [6.07, 6.45) is 5.30. The van der Waals surface area contributed by atoms with E-state index in [1.54, 1.807) is 22.0 Å². The highest BCUT2D eigenvalue weighted by Gasteiger charge is 2.23. The number of hydrogen-bond donors (Lipinski definition) is 1. The van der Waals surface area contributed by atoms with Gasteiger partial charge in [0.05, 0.1) is 11.5 Å². The number of thiophene rings is 1. The number of aryl methyl sites for hydroxylation is 2. The summed E-state index contributed by atoms with van der Waals surface area (Å²) in [4.78, 5) is 32.4. The molecule has 2 aromatic heterocycles. The summed E-state index contributed by atoms with van der Waals surface area (Å²) >= 11 is 3.09. The Morgan fingerprint density at radius 2 is 2.12 bits per heavy atom. The van der Waals surface area contributed by atoms with E-state index in [9.17, 15) is 9.59 Å². The fourth-order valence-corrected chi connectivity index (χ4v) is 6.19. The molecular formula is C25H29N3O3S2. The highest BCUT2D eigenvalue weighted by Crippen LogP contribution is 2.35. The van der Waals surface area contributed by atoms with E-state index in [0.717, 1.165) is 40.8 Å². The molecule has 0 atom stereocenters.